The van der Waals surface area contributed by atoms with Crippen LogP contribution in [-0.4, -0.2) is 30.2 Å². The Bertz CT molecular complexity index is 235. The quantitative estimate of drug-likeness (QED) is 0.711. The molecule has 2 N–H and O–H groups in total. The first-order valence-corrected chi connectivity index (χ1v) is 5.53. The van der Waals surface area contributed by atoms with E-state index in [9.17, 15) is 4.79 Å². The maximum absolute atomic E-state index is 11.6. The molecule has 15 heavy (non-hydrogen) atoms. The summed E-state index contributed by atoms with van der Waals surface area (Å²) in [5.41, 5.74) is 5.45. The molecule has 88 valence electrons. The van der Waals surface area contributed by atoms with Crippen LogP contribution >= 0.6 is 0 Å². The van der Waals surface area contributed by atoms with Gasteiger partial charge in [-0.15, -0.1) is 5.06 Å². The second kappa shape index (κ2) is 4.49. The number of carbonyl (C=O) groups is 1. The van der Waals surface area contributed by atoms with E-state index in [0.29, 0.717) is 5.92 Å². The molecule has 0 aromatic rings. The molecule has 4 heteroatoms. The maximum atomic E-state index is 11.6. The Kier molecular flexibility index (Phi) is 3.73. The fraction of sp³-hybridized carbons (Fsp3) is 0.909. The molecule has 0 aromatic carbocycles. The smallest absolute Gasteiger partial charge is 0.330 e. The molecule has 1 rings (SSSR count). The van der Waals surface area contributed by atoms with Crippen LogP contribution in [-0.2, 0) is 9.63 Å². The zero-order valence-electron chi connectivity index (χ0n) is 10.1. The highest BCUT2D eigenvalue weighted by Crippen LogP contribution is 2.20. The summed E-state index contributed by atoms with van der Waals surface area (Å²) in [7, 11) is 0. The lowest BCUT2D eigenvalue weighted by Crippen LogP contribution is -2.47. The van der Waals surface area contributed by atoms with E-state index in [-0.39, 0.29) is 12.0 Å². The minimum atomic E-state index is -0.442. The molecule has 0 aromatic heterocycles. The van der Waals surface area contributed by atoms with Crippen LogP contribution in [0, 0.1) is 11.3 Å². The molecular formula is C11H22N2O2. The molecule has 1 heterocycles. The second-order valence-corrected chi connectivity index (χ2v) is 5.45. The van der Waals surface area contributed by atoms with Crippen LogP contribution < -0.4 is 5.73 Å². The van der Waals surface area contributed by atoms with Crippen molar-refractivity contribution in [3.05, 3.63) is 0 Å². The van der Waals surface area contributed by atoms with Crippen LogP contribution in [0.5, 0.6) is 0 Å². The van der Waals surface area contributed by atoms with Gasteiger partial charge in [0, 0.05) is 19.1 Å². The van der Waals surface area contributed by atoms with Gasteiger partial charge in [-0.3, -0.25) is 0 Å². The predicted molar refractivity (Wildman–Crippen MR) is 58.9 cm³/mol. The lowest BCUT2D eigenvalue weighted by Gasteiger charge is -2.34. The Morgan fingerprint density at radius 1 is 1.47 bits per heavy atom. The van der Waals surface area contributed by atoms with E-state index in [0.717, 1.165) is 19.5 Å². The lowest BCUT2D eigenvalue weighted by atomic mass is 9.96. The van der Waals surface area contributed by atoms with Crippen molar-refractivity contribution >= 4 is 5.97 Å². The zero-order valence-corrected chi connectivity index (χ0v) is 10.1. The number of hydrogen-bond acceptors (Lipinski definition) is 4. The normalized spacial score (nSPS) is 28.9. The molecule has 0 radical (unpaired) electrons. The van der Waals surface area contributed by atoms with Crippen molar-refractivity contribution in [3.63, 3.8) is 0 Å². The van der Waals surface area contributed by atoms with Crippen molar-refractivity contribution in [2.24, 2.45) is 17.1 Å². The molecule has 2 atom stereocenters. The Hall–Kier alpha value is -0.610. The highest BCUT2D eigenvalue weighted by molar-refractivity contribution is 5.75. The third kappa shape index (κ3) is 3.47. The Morgan fingerprint density at radius 3 is 2.53 bits per heavy atom. The Balaban J connectivity index is 2.44. The van der Waals surface area contributed by atoms with Crippen molar-refractivity contribution in [2.45, 2.75) is 40.2 Å². The Labute approximate surface area is 91.7 Å². The molecule has 2 unspecified atom stereocenters. The van der Waals surface area contributed by atoms with Crippen molar-refractivity contribution in [2.75, 3.05) is 13.1 Å². The van der Waals surface area contributed by atoms with Crippen LogP contribution in [0.3, 0.4) is 0 Å². The van der Waals surface area contributed by atoms with E-state index < -0.39 is 5.41 Å². The topological polar surface area (TPSA) is 55.6 Å². The minimum absolute atomic E-state index is 0.176. The van der Waals surface area contributed by atoms with Crippen LogP contribution in [0.25, 0.3) is 0 Å². The molecule has 4 nitrogen and oxygen atoms in total. The van der Waals surface area contributed by atoms with Crippen LogP contribution in [0.2, 0.25) is 0 Å². The molecule has 1 fully saturated rings. The molecule has 0 amide bonds. The SMILES string of the molecule is CC1CN(OC(=O)C(C)(C)C)CCC1N. The van der Waals surface area contributed by atoms with E-state index in [1.807, 2.05) is 20.8 Å². The van der Waals surface area contributed by atoms with Gasteiger partial charge >= 0.3 is 5.97 Å². The van der Waals surface area contributed by atoms with Crippen molar-refractivity contribution in [1.82, 2.24) is 5.06 Å². The van der Waals surface area contributed by atoms with Gasteiger partial charge in [0.15, 0.2) is 0 Å². The number of nitrogens with zero attached hydrogens (tertiary/aromatic N) is 1. The first kappa shape index (κ1) is 12.5. The number of carbonyl (C=O) groups excluding carboxylic acids is 1. The first-order chi connectivity index (χ1) is 6.80. The van der Waals surface area contributed by atoms with Gasteiger partial charge in [-0.1, -0.05) is 6.92 Å². The average molecular weight is 214 g/mol. The predicted octanol–water partition coefficient (Wildman–Crippen LogP) is 1.16. The summed E-state index contributed by atoms with van der Waals surface area (Å²) in [6, 6.07) is 0.231. The number of hydroxylamine groups is 2. The average Bonchev–Trinajstić information content (AvgIpc) is 2.10. The van der Waals surface area contributed by atoms with Crippen molar-refractivity contribution in [3.8, 4) is 0 Å². The van der Waals surface area contributed by atoms with Gasteiger partial charge in [-0.25, -0.2) is 4.79 Å². The van der Waals surface area contributed by atoms with Crippen molar-refractivity contribution in [1.29, 1.82) is 0 Å². The summed E-state index contributed by atoms with van der Waals surface area (Å²) in [6.07, 6.45) is 0.887. The van der Waals surface area contributed by atoms with Gasteiger partial charge in [-0.05, 0) is 33.1 Å². The summed E-state index contributed by atoms with van der Waals surface area (Å²) in [6.45, 7) is 9.13. The molecule has 0 spiro atoms. The van der Waals surface area contributed by atoms with Crippen LogP contribution in [0.15, 0.2) is 0 Å². The third-order valence-electron chi connectivity index (χ3n) is 2.76. The zero-order chi connectivity index (χ0) is 11.6. The maximum Gasteiger partial charge on any atom is 0.330 e. The molecule has 1 saturated heterocycles. The number of rotatable bonds is 1. The summed E-state index contributed by atoms with van der Waals surface area (Å²) in [4.78, 5) is 16.9. The first-order valence-electron chi connectivity index (χ1n) is 5.53. The summed E-state index contributed by atoms with van der Waals surface area (Å²) >= 11 is 0. The molecule has 0 bridgehead atoms. The lowest BCUT2D eigenvalue weighted by molar-refractivity contribution is -0.208. The minimum Gasteiger partial charge on any atom is -0.367 e. The fourth-order valence-corrected chi connectivity index (χ4v) is 1.46. The van der Waals surface area contributed by atoms with E-state index in [4.69, 9.17) is 10.6 Å². The largest absolute Gasteiger partial charge is 0.367 e. The number of nitrogens with two attached hydrogens (primary N) is 1. The number of hydrogen-bond donors (Lipinski definition) is 1. The van der Waals surface area contributed by atoms with Crippen LogP contribution in [0.4, 0.5) is 0 Å². The van der Waals surface area contributed by atoms with E-state index in [1.165, 1.54) is 0 Å². The van der Waals surface area contributed by atoms with Gasteiger partial charge in [0.2, 0.25) is 0 Å². The summed E-state index contributed by atoms with van der Waals surface area (Å²) in [5.74, 6) is 0.205. The Morgan fingerprint density at radius 2 is 2.07 bits per heavy atom. The van der Waals surface area contributed by atoms with Gasteiger partial charge in [-0.2, -0.15) is 0 Å². The van der Waals surface area contributed by atoms with E-state index >= 15 is 0 Å². The summed E-state index contributed by atoms with van der Waals surface area (Å²) < 4.78 is 0. The second-order valence-electron chi connectivity index (χ2n) is 5.45. The molecule has 0 aliphatic carbocycles. The van der Waals surface area contributed by atoms with Gasteiger partial charge in [0.1, 0.15) is 0 Å². The molecule has 1 aliphatic heterocycles. The molecule has 1 aliphatic rings. The standard InChI is InChI=1S/C11H22N2O2/c1-8-7-13(6-5-9(8)12)15-10(14)11(2,3)4/h8-9H,5-7,12H2,1-4H3. The van der Waals surface area contributed by atoms with E-state index in [2.05, 4.69) is 6.92 Å². The van der Waals surface area contributed by atoms with Crippen LogP contribution in [0.1, 0.15) is 34.1 Å². The monoisotopic (exact) mass is 214 g/mol. The van der Waals surface area contributed by atoms with Crippen molar-refractivity contribution < 1.29 is 9.63 Å². The van der Waals surface area contributed by atoms with E-state index in [1.54, 1.807) is 5.06 Å². The molecular weight excluding hydrogens is 192 g/mol. The van der Waals surface area contributed by atoms with Gasteiger partial charge < -0.3 is 10.6 Å². The highest BCUT2D eigenvalue weighted by Gasteiger charge is 2.29. The van der Waals surface area contributed by atoms with Gasteiger partial charge in [0.05, 0.1) is 5.41 Å². The number of piperidine rings is 1. The summed E-state index contributed by atoms with van der Waals surface area (Å²) in [5, 5.41) is 1.74. The third-order valence-corrected chi connectivity index (χ3v) is 2.76. The van der Waals surface area contributed by atoms with Gasteiger partial charge in [0.25, 0.3) is 0 Å². The highest BCUT2D eigenvalue weighted by atomic mass is 16.7. The molecule has 0 saturated carbocycles. The fourth-order valence-electron chi connectivity index (χ4n) is 1.46.